The van der Waals surface area contributed by atoms with Crippen molar-refractivity contribution in [3.8, 4) is 11.5 Å². The summed E-state index contributed by atoms with van der Waals surface area (Å²) < 4.78 is 48.6. The van der Waals surface area contributed by atoms with Crippen molar-refractivity contribution in [2.75, 3.05) is 26.8 Å². The van der Waals surface area contributed by atoms with E-state index in [-0.39, 0.29) is 30.5 Å². The van der Waals surface area contributed by atoms with Crippen LogP contribution in [0.15, 0.2) is 34.6 Å². The molecule has 2 rings (SSSR count). The number of aromatic nitrogens is 1. The predicted molar refractivity (Wildman–Crippen MR) is 118 cm³/mol. The first-order valence-electron chi connectivity index (χ1n) is 8.73. The second kappa shape index (κ2) is 12.7. The van der Waals surface area contributed by atoms with E-state index in [1.54, 1.807) is 7.11 Å². The minimum absolute atomic E-state index is 0. The van der Waals surface area contributed by atoms with Crippen LogP contribution in [0.5, 0.6) is 11.5 Å². The molecule has 0 spiro atoms. The van der Waals surface area contributed by atoms with Crippen LogP contribution in [-0.4, -0.2) is 37.7 Å². The molecule has 0 fully saturated rings. The monoisotopic (exact) mass is 544 g/mol. The Hall–Kier alpha value is -1.76. The molecule has 0 saturated carbocycles. The molecule has 29 heavy (non-hydrogen) atoms. The van der Waals surface area contributed by atoms with Gasteiger partial charge in [-0.15, -0.1) is 35.3 Å². The quantitative estimate of drug-likeness (QED) is 0.213. The van der Waals surface area contributed by atoms with Gasteiger partial charge in [-0.3, -0.25) is 0 Å². The number of alkyl halides is 3. The highest BCUT2D eigenvalue weighted by Crippen LogP contribution is 2.30. The van der Waals surface area contributed by atoms with Crippen LogP contribution in [0.1, 0.15) is 24.0 Å². The van der Waals surface area contributed by atoms with Gasteiger partial charge in [0.1, 0.15) is 16.5 Å². The number of rotatable bonds is 9. The summed E-state index contributed by atoms with van der Waals surface area (Å²) in [6, 6.07) is 7.35. The number of nitrogens with zero attached hydrogens (tertiary/aromatic N) is 2. The summed E-state index contributed by atoms with van der Waals surface area (Å²) in [5, 5.41) is 7.49. The molecule has 11 heteroatoms. The second-order valence-electron chi connectivity index (χ2n) is 5.63. The summed E-state index contributed by atoms with van der Waals surface area (Å²) in [5.74, 6) is 1.98. The van der Waals surface area contributed by atoms with Gasteiger partial charge in [-0.05, 0) is 25.5 Å². The SMILES string of the molecule is CCNC(=NCc1nc(C(F)(F)F)cs1)NCCCOc1cccc(OC)c1.I. The smallest absolute Gasteiger partial charge is 0.434 e. The van der Waals surface area contributed by atoms with Gasteiger partial charge in [-0.1, -0.05) is 6.07 Å². The fourth-order valence-corrected chi connectivity index (χ4v) is 2.89. The van der Waals surface area contributed by atoms with Crippen LogP contribution >= 0.6 is 35.3 Å². The summed E-state index contributed by atoms with van der Waals surface area (Å²) >= 11 is 0.945. The third-order valence-electron chi connectivity index (χ3n) is 3.48. The molecule has 0 aliphatic heterocycles. The number of thiazole rings is 1. The number of guanidine groups is 1. The highest BCUT2D eigenvalue weighted by atomic mass is 127. The van der Waals surface area contributed by atoms with Gasteiger partial charge < -0.3 is 20.1 Å². The molecule has 0 atom stereocenters. The molecule has 0 aliphatic carbocycles. The maximum Gasteiger partial charge on any atom is 0.434 e. The third-order valence-corrected chi connectivity index (χ3v) is 4.32. The molecule has 1 aromatic carbocycles. The minimum Gasteiger partial charge on any atom is -0.497 e. The van der Waals surface area contributed by atoms with Gasteiger partial charge in [0.05, 0.1) is 20.3 Å². The van der Waals surface area contributed by atoms with Crippen LogP contribution in [0.25, 0.3) is 0 Å². The van der Waals surface area contributed by atoms with E-state index in [0.717, 1.165) is 34.6 Å². The summed E-state index contributed by atoms with van der Waals surface area (Å²) in [4.78, 5) is 7.85. The Bertz CT molecular complexity index is 772. The number of aliphatic imine (C=N–C) groups is 1. The fraction of sp³-hybridized carbons (Fsp3) is 0.444. The zero-order chi connectivity index (χ0) is 20.4. The van der Waals surface area contributed by atoms with Crippen molar-refractivity contribution in [2.24, 2.45) is 4.99 Å². The zero-order valence-electron chi connectivity index (χ0n) is 16.1. The van der Waals surface area contributed by atoms with Crippen LogP contribution < -0.4 is 20.1 Å². The minimum atomic E-state index is -4.43. The standard InChI is InChI=1S/C18H23F3N4O2S.HI/c1-3-22-17(24-11-16-25-15(12-28-16)18(19,20)21)23-8-5-9-27-14-7-4-6-13(10-14)26-2;/h4,6-7,10,12H,3,5,8-9,11H2,1-2H3,(H2,22,23,24);1H. The van der Waals surface area contributed by atoms with E-state index in [1.807, 2.05) is 31.2 Å². The molecule has 0 saturated heterocycles. The van der Waals surface area contributed by atoms with Crippen molar-refractivity contribution in [1.82, 2.24) is 15.6 Å². The second-order valence-corrected chi connectivity index (χ2v) is 6.57. The van der Waals surface area contributed by atoms with Crippen molar-refractivity contribution in [2.45, 2.75) is 26.1 Å². The molecule has 162 valence electrons. The lowest BCUT2D eigenvalue weighted by Gasteiger charge is -2.11. The number of nitrogens with one attached hydrogen (secondary N) is 2. The Morgan fingerprint density at radius 2 is 2.00 bits per heavy atom. The number of hydrogen-bond donors (Lipinski definition) is 2. The molecule has 0 bridgehead atoms. The van der Waals surface area contributed by atoms with Crippen molar-refractivity contribution < 1.29 is 22.6 Å². The van der Waals surface area contributed by atoms with Gasteiger partial charge in [0.25, 0.3) is 0 Å². The Balaban J connectivity index is 0.00000420. The molecular formula is C18H24F3IN4O2S. The maximum absolute atomic E-state index is 12.6. The van der Waals surface area contributed by atoms with E-state index < -0.39 is 11.9 Å². The van der Waals surface area contributed by atoms with Crippen molar-refractivity contribution >= 4 is 41.3 Å². The molecule has 0 aliphatic rings. The van der Waals surface area contributed by atoms with Gasteiger partial charge in [0, 0.05) is 24.5 Å². The third kappa shape index (κ3) is 9.07. The van der Waals surface area contributed by atoms with Gasteiger partial charge in [-0.25, -0.2) is 9.98 Å². The van der Waals surface area contributed by atoms with Crippen molar-refractivity contribution in [3.05, 3.63) is 40.3 Å². The first-order valence-corrected chi connectivity index (χ1v) is 9.61. The molecular weight excluding hydrogens is 520 g/mol. The Morgan fingerprint density at radius 3 is 2.66 bits per heavy atom. The lowest BCUT2D eigenvalue weighted by molar-refractivity contribution is -0.140. The highest BCUT2D eigenvalue weighted by Gasteiger charge is 2.33. The molecule has 0 unspecified atom stereocenters. The normalized spacial score (nSPS) is 11.6. The number of methoxy groups -OCH3 is 1. The van der Waals surface area contributed by atoms with E-state index in [9.17, 15) is 13.2 Å². The van der Waals surface area contributed by atoms with Gasteiger partial charge in [0.15, 0.2) is 11.7 Å². The van der Waals surface area contributed by atoms with Crippen molar-refractivity contribution in [3.63, 3.8) is 0 Å². The lowest BCUT2D eigenvalue weighted by Crippen LogP contribution is -2.38. The molecule has 1 heterocycles. The molecule has 6 nitrogen and oxygen atoms in total. The van der Waals surface area contributed by atoms with E-state index in [0.29, 0.717) is 30.7 Å². The van der Waals surface area contributed by atoms with E-state index in [4.69, 9.17) is 9.47 Å². The van der Waals surface area contributed by atoms with Crippen LogP contribution in [-0.2, 0) is 12.7 Å². The lowest BCUT2D eigenvalue weighted by atomic mass is 10.3. The predicted octanol–water partition coefficient (Wildman–Crippen LogP) is 4.31. The number of hydrogen-bond acceptors (Lipinski definition) is 5. The van der Waals surface area contributed by atoms with Crippen LogP contribution in [0, 0.1) is 0 Å². The summed E-state index contributed by atoms with van der Waals surface area (Å²) in [6.45, 7) is 3.73. The highest BCUT2D eigenvalue weighted by molar-refractivity contribution is 14.0. The number of halogens is 4. The average molecular weight is 544 g/mol. The molecule has 2 aromatic rings. The zero-order valence-corrected chi connectivity index (χ0v) is 19.2. The van der Waals surface area contributed by atoms with E-state index in [1.165, 1.54) is 0 Å². The van der Waals surface area contributed by atoms with E-state index >= 15 is 0 Å². The Kier molecular flexibility index (Phi) is 11.1. The van der Waals surface area contributed by atoms with Crippen molar-refractivity contribution in [1.29, 1.82) is 0 Å². The first kappa shape index (κ1) is 25.3. The Morgan fingerprint density at radius 1 is 1.24 bits per heavy atom. The van der Waals surface area contributed by atoms with Crippen LogP contribution in [0.4, 0.5) is 13.2 Å². The van der Waals surface area contributed by atoms with Gasteiger partial charge in [0.2, 0.25) is 0 Å². The molecule has 1 aromatic heterocycles. The summed E-state index contributed by atoms with van der Waals surface area (Å²) in [6.07, 6.45) is -3.71. The van der Waals surface area contributed by atoms with Crippen LogP contribution in [0.3, 0.4) is 0 Å². The average Bonchev–Trinajstić information content (AvgIpc) is 3.15. The summed E-state index contributed by atoms with van der Waals surface area (Å²) in [5.41, 5.74) is -0.879. The molecule has 0 amide bonds. The first-order chi connectivity index (χ1) is 13.4. The number of ether oxygens (including phenoxy) is 2. The molecule has 2 N–H and O–H groups in total. The van der Waals surface area contributed by atoms with Crippen LogP contribution in [0.2, 0.25) is 0 Å². The maximum atomic E-state index is 12.6. The molecule has 0 radical (unpaired) electrons. The Labute approximate surface area is 188 Å². The topological polar surface area (TPSA) is 67.8 Å². The fourth-order valence-electron chi connectivity index (χ4n) is 2.16. The van der Waals surface area contributed by atoms with Gasteiger partial charge in [-0.2, -0.15) is 13.2 Å². The number of benzene rings is 1. The largest absolute Gasteiger partial charge is 0.497 e. The summed E-state index contributed by atoms with van der Waals surface area (Å²) in [7, 11) is 1.60. The van der Waals surface area contributed by atoms with E-state index in [2.05, 4.69) is 20.6 Å². The van der Waals surface area contributed by atoms with Gasteiger partial charge >= 0.3 is 6.18 Å².